The van der Waals surface area contributed by atoms with Gasteiger partial charge in [-0.25, -0.2) is 4.79 Å². The van der Waals surface area contributed by atoms with E-state index in [2.05, 4.69) is 11.9 Å². The van der Waals surface area contributed by atoms with Gasteiger partial charge in [-0.2, -0.15) is 0 Å². The Labute approximate surface area is 170 Å². The third-order valence-corrected chi connectivity index (χ3v) is 4.05. The second kappa shape index (κ2) is 9.68. The largest absolute Gasteiger partial charge is 0.513 e. The molecular formula is C23H25NO5. The van der Waals surface area contributed by atoms with E-state index in [1.54, 1.807) is 43.3 Å². The molecule has 0 bridgehead atoms. The molecule has 0 fully saturated rings. The van der Waals surface area contributed by atoms with Crippen molar-refractivity contribution in [3.63, 3.8) is 0 Å². The molecule has 6 heteroatoms. The van der Waals surface area contributed by atoms with Crippen LogP contribution in [0.2, 0.25) is 0 Å². The van der Waals surface area contributed by atoms with Crippen molar-refractivity contribution < 1.29 is 23.9 Å². The summed E-state index contributed by atoms with van der Waals surface area (Å²) in [7, 11) is 0. The molecule has 0 saturated heterocycles. The van der Waals surface area contributed by atoms with Crippen LogP contribution in [0.5, 0.6) is 5.75 Å². The average Bonchev–Trinajstić information content (AvgIpc) is 2.71. The fraction of sp³-hybridized carbons (Fsp3) is 0.261. The molecule has 29 heavy (non-hydrogen) atoms. The number of amides is 1. The fourth-order valence-electron chi connectivity index (χ4n) is 2.33. The summed E-state index contributed by atoms with van der Waals surface area (Å²) in [6.07, 6.45) is -0.855. The number of ketones is 1. The highest BCUT2D eigenvalue weighted by Crippen LogP contribution is 2.18. The Bertz CT molecular complexity index is 885. The number of hydrogen-bond acceptors (Lipinski definition) is 5. The van der Waals surface area contributed by atoms with E-state index in [0.29, 0.717) is 23.2 Å². The number of nitrogens with one attached hydrogen (secondary N) is 1. The lowest BCUT2D eigenvalue weighted by Crippen LogP contribution is -2.37. The molecule has 0 aliphatic carbocycles. The van der Waals surface area contributed by atoms with E-state index in [1.807, 2.05) is 19.9 Å². The highest BCUT2D eigenvalue weighted by atomic mass is 16.7. The Morgan fingerprint density at radius 1 is 0.966 bits per heavy atom. The number of ether oxygens (including phenoxy) is 2. The quantitative estimate of drug-likeness (QED) is 0.314. The summed E-state index contributed by atoms with van der Waals surface area (Å²) in [5, 5.41) is 2.72. The molecule has 1 amide bonds. The van der Waals surface area contributed by atoms with E-state index in [-0.39, 0.29) is 24.0 Å². The van der Waals surface area contributed by atoms with Gasteiger partial charge in [0.1, 0.15) is 12.4 Å². The minimum Gasteiger partial charge on any atom is -0.433 e. The molecule has 2 rings (SSSR count). The maximum atomic E-state index is 12.4. The lowest BCUT2D eigenvalue weighted by atomic mass is 9.95. The smallest absolute Gasteiger partial charge is 0.433 e. The molecule has 2 aromatic carbocycles. The van der Waals surface area contributed by atoms with Gasteiger partial charge in [-0.3, -0.25) is 9.59 Å². The van der Waals surface area contributed by atoms with Crippen LogP contribution in [0.25, 0.3) is 0 Å². The standard InChI is InChI=1S/C23H25NO5/c1-16(2)21(26)24-14-23(3,4)15-28-22(27)29-19-12-10-18(11-13-19)20(25)17-8-6-5-7-9-17/h5-13H,1,14-15H2,2-4H3,(H,24,26). The van der Waals surface area contributed by atoms with E-state index in [0.717, 1.165) is 0 Å². The number of hydrogen-bond donors (Lipinski definition) is 1. The van der Waals surface area contributed by atoms with E-state index >= 15 is 0 Å². The van der Waals surface area contributed by atoms with Gasteiger partial charge in [-0.1, -0.05) is 50.8 Å². The predicted molar refractivity (Wildman–Crippen MR) is 110 cm³/mol. The normalized spacial score (nSPS) is 10.7. The summed E-state index contributed by atoms with van der Waals surface area (Å²) in [4.78, 5) is 35.9. The molecule has 0 heterocycles. The lowest BCUT2D eigenvalue weighted by Gasteiger charge is -2.24. The molecule has 0 unspecified atom stereocenters. The monoisotopic (exact) mass is 395 g/mol. The molecule has 0 saturated carbocycles. The van der Waals surface area contributed by atoms with Crippen molar-refractivity contribution in [1.82, 2.24) is 5.32 Å². The zero-order chi connectivity index (χ0) is 21.4. The minimum atomic E-state index is -0.855. The van der Waals surface area contributed by atoms with E-state index in [1.165, 1.54) is 12.1 Å². The molecule has 2 aromatic rings. The van der Waals surface area contributed by atoms with Gasteiger partial charge in [0.25, 0.3) is 0 Å². The van der Waals surface area contributed by atoms with Crippen LogP contribution in [-0.2, 0) is 9.53 Å². The first-order valence-electron chi connectivity index (χ1n) is 9.16. The lowest BCUT2D eigenvalue weighted by molar-refractivity contribution is -0.118. The summed E-state index contributed by atoms with van der Waals surface area (Å²) in [6, 6.07) is 15.2. The van der Waals surface area contributed by atoms with Crippen molar-refractivity contribution in [3.05, 3.63) is 77.9 Å². The minimum absolute atomic E-state index is 0.0624. The number of benzene rings is 2. The van der Waals surface area contributed by atoms with Gasteiger partial charge in [-0.15, -0.1) is 0 Å². The number of rotatable bonds is 8. The first kappa shape index (κ1) is 21.9. The summed E-state index contributed by atoms with van der Waals surface area (Å²) in [5.41, 5.74) is 1.01. The topological polar surface area (TPSA) is 81.7 Å². The summed E-state index contributed by atoms with van der Waals surface area (Å²) < 4.78 is 10.3. The van der Waals surface area contributed by atoms with Crippen molar-refractivity contribution in [2.45, 2.75) is 20.8 Å². The maximum absolute atomic E-state index is 12.4. The van der Waals surface area contributed by atoms with Crippen LogP contribution in [0.1, 0.15) is 36.7 Å². The molecule has 6 nitrogen and oxygen atoms in total. The van der Waals surface area contributed by atoms with Gasteiger partial charge in [0.15, 0.2) is 5.78 Å². The van der Waals surface area contributed by atoms with Crippen LogP contribution in [0, 0.1) is 5.41 Å². The van der Waals surface area contributed by atoms with Crippen molar-refractivity contribution in [3.8, 4) is 5.75 Å². The zero-order valence-corrected chi connectivity index (χ0v) is 16.9. The highest BCUT2D eigenvalue weighted by molar-refractivity contribution is 6.09. The molecule has 0 aliphatic rings. The van der Waals surface area contributed by atoms with Gasteiger partial charge in [-0.05, 0) is 31.2 Å². The van der Waals surface area contributed by atoms with Crippen molar-refractivity contribution in [2.75, 3.05) is 13.2 Å². The summed E-state index contributed by atoms with van der Waals surface area (Å²) in [6.45, 7) is 9.28. The molecule has 1 N–H and O–H groups in total. The third kappa shape index (κ3) is 6.92. The molecule has 0 aliphatic heterocycles. The second-order valence-corrected chi connectivity index (χ2v) is 7.49. The fourth-order valence-corrected chi connectivity index (χ4v) is 2.33. The average molecular weight is 395 g/mol. The Hall–Kier alpha value is -3.41. The Kier molecular flexibility index (Phi) is 7.31. The van der Waals surface area contributed by atoms with E-state index in [4.69, 9.17) is 9.47 Å². The summed E-state index contributed by atoms with van der Waals surface area (Å²) >= 11 is 0. The van der Waals surface area contributed by atoms with E-state index in [9.17, 15) is 14.4 Å². The molecular weight excluding hydrogens is 370 g/mol. The van der Waals surface area contributed by atoms with Crippen molar-refractivity contribution in [2.24, 2.45) is 5.41 Å². The van der Waals surface area contributed by atoms with Gasteiger partial charge >= 0.3 is 6.16 Å². The molecule has 0 aromatic heterocycles. The third-order valence-electron chi connectivity index (χ3n) is 4.05. The van der Waals surface area contributed by atoms with Crippen LogP contribution < -0.4 is 10.1 Å². The zero-order valence-electron chi connectivity index (χ0n) is 16.9. The highest BCUT2D eigenvalue weighted by Gasteiger charge is 2.22. The Balaban J connectivity index is 1.85. The van der Waals surface area contributed by atoms with Crippen LogP contribution >= 0.6 is 0 Å². The second-order valence-electron chi connectivity index (χ2n) is 7.49. The van der Waals surface area contributed by atoms with Crippen molar-refractivity contribution in [1.29, 1.82) is 0 Å². The first-order valence-corrected chi connectivity index (χ1v) is 9.16. The van der Waals surface area contributed by atoms with Crippen LogP contribution in [-0.4, -0.2) is 31.0 Å². The van der Waals surface area contributed by atoms with Crippen LogP contribution in [0.4, 0.5) is 4.79 Å². The maximum Gasteiger partial charge on any atom is 0.513 e. The first-order chi connectivity index (χ1) is 13.7. The molecule has 152 valence electrons. The number of carbonyl (C=O) groups is 3. The predicted octanol–water partition coefficient (Wildman–Crippen LogP) is 4.15. The SMILES string of the molecule is C=C(C)C(=O)NCC(C)(C)COC(=O)Oc1ccc(C(=O)c2ccccc2)cc1. The van der Waals surface area contributed by atoms with Crippen molar-refractivity contribution >= 4 is 17.8 Å². The van der Waals surface area contributed by atoms with Crippen LogP contribution in [0.15, 0.2) is 66.7 Å². The Morgan fingerprint density at radius 2 is 1.55 bits per heavy atom. The molecule has 0 radical (unpaired) electrons. The van der Waals surface area contributed by atoms with Gasteiger partial charge < -0.3 is 14.8 Å². The van der Waals surface area contributed by atoms with Crippen LogP contribution in [0.3, 0.4) is 0 Å². The summed E-state index contributed by atoms with van der Waals surface area (Å²) in [5.74, 6) is -0.0860. The van der Waals surface area contributed by atoms with Gasteiger partial charge in [0.2, 0.25) is 5.91 Å². The number of carbonyl (C=O) groups excluding carboxylic acids is 3. The van der Waals surface area contributed by atoms with E-state index < -0.39 is 11.6 Å². The molecule has 0 spiro atoms. The van der Waals surface area contributed by atoms with Gasteiger partial charge in [0.05, 0.1) is 0 Å². The van der Waals surface area contributed by atoms with Gasteiger partial charge in [0, 0.05) is 28.7 Å². The Morgan fingerprint density at radius 3 is 2.14 bits per heavy atom. The molecule has 0 atom stereocenters.